The van der Waals surface area contributed by atoms with Crippen LogP contribution in [0.3, 0.4) is 0 Å². The molecule has 194 valence electrons. The molecular weight excluding hydrogens is 472 g/mol. The molecule has 0 fully saturated rings. The quantitative estimate of drug-likeness (QED) is 0.513. The van der Waals surface area contributed by atoms with Crippen LogP contribution in [-0.2, 0) is 16.1 Å². The second-order valence-electron chi connectivity index (χ2n) is 9.16. The largest absolute Gasteiger partial charge is 0.496 e. The van der Waals surface area contributed by atoms with Crippen LogP contribution < -0.4 is 25.0 Å². The summed E-state index contributed by atoms with van der Waals surface area (Å²) in [5.74, 6) is 0.477. The highest BCUT2D eigenvalue weighted by Crippen LogP contribution is 2.36. The first-order valence-electron chi connectivity index (χ1n) is 12.1. The van der Waals surface area contributed by atoms with Crippen molar-refractivity contribution in [3.05, 3.63) is 65.7 Å². The van der Waals surface area contributed by atoms with Crippen molar-refractivity contribution >= 4 is 34.2 Å². The number of rotatable bonds is 7. The molecule has 0 bridgehead atoms. The lowest BCUT2D eigenvalue weighted by atomic mass is 9.99. The molecule has 0 radical (unpaired) electrons. The van der Waals surface area contributed by atoms with Crippen molar-refractivity contribution in [1.82, 2.24) is 15.5 Å². The van der Waals surface area contributed by atoms with Gasteiger partial charge in [0.25, 0.3) is 11.8 Å². The summed E-state index contributed by atoms with van der Waals surface area (Å²) in [5, 5.41) is 7.41. The number of para-hydroxylation sites is 2. The Kier molecular flexibility index (Phi) is 7.63. The van der Waals surface area contributed by atoms with E-state index in [0.717, 1.165) is 16.3 Å². The maximum absolute atomic E-state index is 13.8. The molecule has 0 spiro atoms. The van der Waals surface area contributed by atoms with Crippen molar-refractivity contribution in [2.24, 2.45) is 0 Å². The van der Waals surface area contributed by atoms with Gasteiger partial charge >= 0.3 is 0 Å². The maximum Gasteiger partial charge on any atom is 0.253 e. The number of ether oxygens (including phenoxy) is 2. The number of nitrogens with one attached hydrogen (secondary N) is 2. The van der Waals surface area contributed by atoms with Crippen LogP contribution in [0.25, 0.3) is 10.8 Å². The molecule has 9 nitrogen and oxygen atoms in total. The molecule has 9 heteroatoms. The number of hydrogen-bond acceptors (Lipinski definition) is 6. The zero-order valence-electron chi connectivity index (χ0n) is 21.7. The number of benzene rings is 3. The third-order valence-electron chi connectivity index (χ3n) is 6.55. The van der Waals surface area contributed by atoms with E-state index in [1.807, 2.05) is 42.5 Å². The molecule has 1 heterocycles. The molecule has 0 aliphatic carbocycles. The van der Waals surface area contributed by atoms with Gasteiger partial charge in [-0.05, 0) is 55.1 Å². The predicted molar refractivity (Wildman–Crippen MR) is 142 cm³/mol. The van der Waals surface area contributed by atoms with Gasteiger partial charge in [-0.15, -0.1) is 0 Å². The van der Waals surface area contributed by atoms with Gasteiger partial charge in [0, 0.05) is 25.2 Å². The van der Waals surface area contributed by atoms with Crippen molar-refractivity contribution in [3.63, 3.8) is 0 Å². The summed E-state index contributed by atoms with van der Waals surface area (Å²) in [6, 6.07) is 15.2. The summed E-state index contributed by atoms with van der Waals surface area (Å²) in [6.07, 6.45) is 0. The zero-order chi connectivity index (χ0) is 26.7. The molecule has 0 saturated heterocycles. The first-order valence-corrected chi connectivity index (χ1v) is 12.1. The molecule has 4 rings (SSSR count). The van der Waals surface area contributed by atoms with E-state index in [0.29, 0.717) is 22.7 Å². The average molecular weight is 505 g/mol. The summed E-state index contributed by atoms with van der Waals surface area (Å²) in [4.78, 5) is 42.1. The minimum absolute atomic E-state index is 0.0111. The van der Waals surface area contributed by atoms with Crippen molar-refractivity contribution in [2.75, 3.05) is 39.8 Å². The zero-order valence-corrected chi connectivity index (χ0v) is 21.7. The van der Waals surface area contributed by atoms with E-state index in [9.17, 15) is 14.4 Å². The third kappa shape index (κ3) is 5.22. The highest BCUT2D eigenvalue weighted by Gasteiger charge is 2.34. The first-order chi connectivity index (χ1) is 17.7. The molecule has 3 aromatic rings. The molecule has 2 N–H and O–H groups in total. The van der Waals surface area contributed by atoms with E-state index >= 15 is 0 Å². The van der Waals surface area contributed by atoms with Gasteiger partial charge in [-0.3, -0.25) is 14.4 Å². The van der Waals surface area contributed by atoms with Gasteiger partial charge in [0.15, 0.2) is 0 Å². The van der Waals surface area contributed by atoms with E-state index in [1.54, 1.807) is 52.2 Å². The fourth-order valence-electron chi connectivity index (χ4n) is 4.33. The molecule has 0 saturated carbocycles. The van der Waals surface area contributed by atoms with Crippen LogP contribution in [0, 0.1) is 0 Å². The van der Waals surface area contributed by atoms with E-state index in [-0.39, 0.29) is 30.9 Å². The van der Waals surface area contributed by atoms with E-state index in [2.05, 4.69) is 10.6 Å². The summed E-state index contributed by atoms with van der Waals surface area (Å²) in [7, 11) is 6.69. The molecule has 3 amide bonds. The Morgan fingerprint density at radius 2 is 1.92 bits per heavy atom. The molecule has 2 atom stereocenters. The van der Waals surface area contributed by atoms with Crippen LogP contribution in [0.2, 0.25) is 0 Å². The van der Waals surface area contributed by atoms with Crippen molar-refractivity contribution < 1.29 is 23.9 Å². The summed E-state index contributed by atoms with van der Waals surface area (Å²) in [6.45, 7) is 1.91. The number of nitrogens with zero attached hydrogens (tertiary/aromatic N) is 2. The minimum atomic E-state index is -0.874. The van der Waals surface area contributed by atoms with Gasteiger partial charge in [-0.25, -0.2) is 0 Å². The van der Waals surface area contributed by atoms with Gasteiger partial charge in [-0.1, -0.05) is 24.3 Å². The number of methoxy groups -OCH3 is 1. The molecule has 0 unspecified atom stereocenters. The SMILES string of the molecule is CN[C@@H](C)C(=O)N[C@H]1COc2ccccc2N(Cc2c(OC)ccc3cc(C(=O)N(C)C)ccc23)C1=O. The fraction of sp³-hybridized carbons (Fsp3) is 0.321. The second-order valence-corrected chi connectivity index (χ2v) is 9.16. The number of fused-ring (bicyclic) bond motifs is 2. The topological polar surface area (TPSA) is 100 Å². The standard InChI is InChI=1S/C28H32N4O5/c1-17(29-2)26(33)30-22-16-37-25-9-7-6-8-23(25)32(28(22)35)15-21-20-12-10-19(27(34)31(3)4)14-18(20)11-13-24(21)36-5/h6-14,17,22,29H,15-16H2,1-5H3,(H,30,33)/t17-,22-/m0/s1. The normalized spacial score (nSPS) is 15.9. The fourth-order valence-corrected chi connectivity index (χ4v) is 4.33. The molecule has 1 aliphatic heterocycles. The van der Waals surface area contributed by atoms with E-state index in [4.69, 9.17) is 9.47 Å². The van der Waals surface area contributed by atoms with Crippen LogP contribution in [0.1, 0.15) is 22.8 Å². The summed E-state index contributed by atoms with van der Waals surface area (Å²) in [5.41, 5.74) is 1.95. The lowest BCUT2D eigenvalue weighted by Gasteiger charge is -2.27. The summed E-state index contributed by atoms with van der Waals surface area (Å²) < 4.78 is 11.6. The van der Waals surface area contributed by atoms with Gasteiger partial charge in [0.2, 0.25) is 5.91 Å². The lowest BCUT2D eigenvalue weighted by molar-refractivity contribution is -0.129. The van der Waals surface area contributed by atoms with Crippen LogP contribution >= 0.6 is 0 Å². The number of carbonyl (C=O) groups excluding carboxylic acids is 3. The highest BCUT2D eigenvalue weighted by atomic mass is 16.5. The lowest BCUT2D eigenvalue weighted by Crippen LogP contribution is -2.53. The Morgan fingerprint density at radius 3 is 2.62 bits per heavy atom. The number of amides is 3. The van der Waals surface area contributed by atoms with Gasteiger partial charge < -0.3 is 29.9 Å². The Bertz CT molecular complexity index is 1340. The number of carbonyl (C=O) groups is 3. The highest BCUT2D eigenvalue weighted by molar-refractivity contribution is 6.03. The van der Waals surface area contributed by atoms with Crippen LogP contribution in [0.4, 0.5) is 5.69 Å². The Labute approximate surface area is 216 Å². The third-order valence-corrected chi connectivity index (χ3v) is 6.55. The maximum atomic E-state index is 13.8. The monoisotopic (exact) mass is 504 g/mol. The number of anilines is 1. The second kappa shape index (κ2) is 10.9. The Morgan fingerprint density at radius 1 is 1.16 bits per heavy atom. The Balaban J connectivity index is 1.77. The van der Waals surface area contributed by atoms with Gasteiger partial charge in [-0.2, -0.15) is 0 Å². The minimum Gasteiger partial charge on any atom is -0.496 e. The van der Waals surface area contributed by atoms with Crippen LogP contribution in [-0.4, -0.2) is 69.6 Å². The van der Waals surface area contributed by atoms with E-state index < -0.39 is 12.1 Å². The average Bonchev–Trinajstić information content (AvgIpc) is 3.04. The van der Waals surface area contributed by atoms with Crippen LogP contribution in [0.5, 0.6) is 11.5 Å². The molecule has 0 aromatic heterocycles. The van der Waals surface area contributed by atoms with E-state index in [1.165, 1.54) is 4.90 Å². The molecule has 1 aliphatic rings. The first kappa shape index (κ1) is 26.0. The summed E-state index contributed by atoms with van der Waals surface area (Å²) >= 11 is 0. The van der Waals surface area contributed by atoms with Gasteiger partial charge in [0.05, 0.1) is 25.4 Å². The predicted octanol–water partition coefficient (Wildman–Crippen LogP) is 2.57. The molecular formula is C28H32N4O5. The smallest absolute Gasteiger partial charge is 0.253 e. The number of hydrogen-bond donors (Lipinski definition) is 2. The van der Waals surface area contributed by atoms with Crippen molar-refractivity contribution in [1.29, 1.82) is 0 Å². The van der Waals surface area contributed by atoms with Gasteiger partial charge in [0.1, 0.15) is 24.1 Å². The molecule has 3 aromatic carbocycles. The molecule has 37 heavy (non-hydrogen) atoms. The number of likely N-dealkylation sites (N-methyl/N-ethyl adjacent to an activating group) is 1. The van der Waals surface area contributed by atoms with Crippen LogP contribution in [0.15, 0.2) is 54.6 Å². The van der Waals surface area contributed by atoms with Crippen molar-refractivity contribution in [2.45, 2.75) is 25.6 Å². The Hall–Kier alpha value is -4.11. The van der Waals surface area contributed by atoms with Crippen molar-refractivity contribution in [3.8, 4) is 11.5 Å².